The van der Waals surface area contributed by atoms with Crippen molar-refractivity contribution in [2.24, 2.45) is 5.92 Å². The lowest BCUT2D eigenvalue weighted by Crippen LogP contribution is -2.40. The van der Waals surface area contributed by atoms with E-state index in [-0.39, 0.29) is 17.7 Å². The van der Waals surface area contributed by atoms with Crippen LogP contribution in [0.4, 0.5) is 11.4 Å². The summed E-state index contributed by atoms with van der Waals surface area (Å²) in [6.07, 6.45) is 7.09. The van der Waals surface area contributed by atoms with Crippen LogP contribution in [0.25, 0.3) is 0 Å². The van der Waals surface area contributed by atoms with Crippen molar-refractivity contribution in [2.75, 3.05) is 10.6 Å². The van der Waals surface area contributed by atoms with Gasteiger partial charge in [-0.1, -0.05) is 12.5 Å². The molecular formula is C23H24N2O4. The van der Waals surface area contributed by atoms with Gasteiger partial charge < -0.3 is 20.1 Å². The molecule has 150 valence electrons. The number of hydrogen-bond acceptors (Lipinski definition) is 4. The van der Waals surface area contributed by atoms with Gasteiger partial charge in [0.15, 0.2) is 11.5 Å². The first-order chi connectivity index (χ1) is 14.1. The van der Waals surface area contributed by atoms with E-state index < -0.39 is 5.79 Å². The molecule has 0 aromatic heterocycles. The summed E-state index contributed by atoms with van der Waals surface area (Å²) in [6.45, 7) is 0. The minimum Gasteiger partial charge on any atom is -0.448 e. The lowest BCUT2D eigenvalue weighted by molar-refractivity contribution is -0.117. The van der Waals surface area contributed by atoms with Crippen LogP contribution in [-0.2, 0) is 4.79 Å². The molecule has 1 spiro atoms. The zero-order chi connectivity index (χ0) is 19.8. The Hall–Kier alpha value is -3.02. The lowest BCUT2D eigenvalue weighted by atomic mass is 9.94. The van der Waals surface area contributed by atoms with E-state index in [4.69, 9.17) is 9.47 Å². The normalized spacial score (nSPS) is 19.0. The number of carbonyl (C=O) groups excluding carboxylic acids is 2. The topological polar surface area (TPSA) is 76.7 Å². The maximum absolute atomic E-state index is 12.7. The fraction of sp³-hybridized carbons (Fsp3) is 0.391. The average Bonchev–Trinajstić information content (AvgIpc) is 3.51. The summed E-state index contributed by atoms with van der Waals surface area (Å²) in [5, 5.41) is 5.78. The molecule has 0 unspecified atom stereocenters. The van der Waals surface area contributed by atoms with E-state index in [1.54, 1.807) is 24.3 Å². The van der Waals surface area contributed by atoms with Gasteiger partial charge in [-0.3, -0.25) is 9.59 Å². The second-order valence-corrected chi connectivity index (χ2v) is 8.14. The summed E-state index contributed by atoms with van der Waals surface area (Å²) in [6, 6.07) is 12.5. The number of amides is 2. The van der Waals surface area contributed by atoms with E-state index in [1.165, 1.54) is 6.42 Å². The molecule has 2 amide bonds. The molecule has 0 bridgehead atoms. The van der Waals surface area contributed by atoms with Gasteiger partial charge in [0.05, 0.1) is 0 Å². The van der Waals surface area contributed by atoms with Crippen LogP contribution >= 0.6 is 0 Å². The van der Waals surface area contributed by atoms with Crippen molar-refractivity contribution < 1.29 is 19.1 Å². The van der Waals surface area contributed by atoms with E-state index in [9.17, 15) is 9.59 Å². The third-order valence-corrected chi connectivity index (χ3v) is 5.75. The fourth-order valence-corrected chi connectivity index (χ4v) is 4.00. The molecule has 0 radical (unpaired) electrons. The summed E-state index contributed by atoms with van der Waals surface area (Å²) in [4.78, 5) is 24.6. The van der Waals surface area contributed by atoms with Crippen LogP contribution in [0.1, 0.15) is 55.3 Å². The zero-order valence-electron chi connectivity index (χ0n) is 16.2. The fourth-order valence-electron chi connectivity index (χ4n) is 4.00. The summed E-state index contributed by atoms with van der Waals surface area (Å²) in [5.41, 5.74) is 1.78. The molecule has 1 aliphatic heterocycles. The molecule has 6 heteroatoms. The Labute approximate surface area is 169 Å². The van der Waals surface area contributed by atoms with Gasteiger partial charge in [0.2, 0.25) is 5.91 Å². The molecule has 2 aromatic carbocycles. The summed E-state index contributed by atoms with van der Waals surface area (Å²) in [7, 11) is 0. The number of benzene rings is 2. The molecule has 6 nitrogen and oxygen atoms in total. The van der Waals surface area contributed by atoms with Crippen LogP contribution < -0.4 is 20.1 Å². The Morgan fingerprint density at radius 2 is 1.62 bits per heavy atom. The van der Waals surface area contributed by atoms with E-state index in [0.29, 0.717) is 22.7 Å². The lowest BCUT2D eigenvalue weighted by Gasteiger charge is -2.31. The number of carbonyl (C=O) groups is 2. The van der Waals surface area contributed by atoms with Gasteiger partial charge in [0, 0.05) is 41.8 Å². The number of ether oxygens (including phenoxy) is 2. The highest BCUT2D eigenvalue weighted by atomic mass is 16.7. The van der Waals surface area contributed by atoms with Gasteiger partial charge >= 0.3 is 0 Å². The second-order valence-electron chi connectivity index (χ2n) is 8.14. The first kappa shape index (κ1) is 18.0. The van der Waals surface area contributed by atoms with Gasteiger partial charge in [-0.05, 0) is 56.0 Å². The molecule has 29 heavy (non-hydrogen) atoms. The average molecular weight is 392 g/mol. The molecule has 5 rings (SSSR count). The highest BCUT2D eigenvalue weighted by Crippen LogP contribution is 2.46. The predicted molar refractivity (Wildman–Crippen MR) is 109 cm³/mol. The highest BCUT2D eigenvalue weighted by molar-refractivity contribution is 6.05. The van der Waals surface area contributed by atoms with Crippen molar-refractivity contribution in [3.05, 3.63) is 48.0 Å². The Balaban J connectivity index is 1.27. The van der Waals surface area contributed by atoms with E-state index in [2.05, 4.69) is 10.6 Å². The van der Waals surface area contributed by atoms with Crippen LogP contribution in [0.2, 0.25) is 0 Å². The number of hydrogen-bond donors (Lipinski definition) is 2. The summed E-state index contributed by atoms with van der Waals surface area (Å²) in [5.74, 6) is 0.782. The molecule has 1 heterocycles. The number of rotatable bonds is 4. The number of nitrogens with one attached hydrogen (secondary N) is 2. The minimum atomic E-state index is -0.530. The number of fused-ring (bicyclic) bond motifs is 1. The maximum atomic E-state index is 12.7. The Morgan fingerprint density at radius 1 is 0.862 bits per heavy atom. The Bertz CT molecular complexity index is 961. The molecule has 2 fully saturated rings. The SMILES string of the molecule is O=C(Nc1ccc2c(c1)OC1(CCCCC1)O2)c1cccc(NC(=O)C2CC2)c1. The van der Waals surface area contributed by atoms with Crippen molar-refractivity contribution in [3.63, 3.8) is 0 Å². The van der Waals surface area contributed by atoms with Crippen LogP contribution in [0.3, 0.4) is 0 Å². The summed E-state index contributed by atoms with van der Waals surface area (Å²) < 4.78 is 12.2. The van der Waals surface area contributed by atoms with Crippen molar-refractivity contribution in [2.45, 2.75) is 50.7 Å². The first-order valence-electron chi connectivity index (χ1n) is 10.3. The molecule has 0 atom stereocenters. The number of anilines is 2. The largest absolute Gasteiger partial charge is 0.448 e. The van der Waals surface area contributed by atoms with Gasteiger partial charge in [0.25, 0.3) is 11.7 Å². The smallest absolute Gasteiger partial charge is 0.255 e. The molecule has 2 N–H and O–H groups in total. The van der Waals surface area contributed by atoms with Crippen LogP contribution in [-0.4, -0.2) is 17.6 Å². The summed E-state index contributed by atoms with van der Waals surface area (Å²) >= 11 is 0. The third kappa shape index (κ3) is 3.79. The second kappa shape index (κ2) is 7.10. The molecule has 2 saturated carbocycles. The van der Waals surface area contributed by atoms with Gasteiger partial charge in [-0.15, -0.1) is 0 Å². The Morgan fingerprint density at radius 3 is 2.41 bits per heavy atom. The Kier molecular flexibility index (Phi) is 4.42. The van der Waals surface area contributed by atoms with E-state index in [1.807, 2.05) is 18.2 Å². The van der Waals surface area contributed by atoms with Crippen LogP contribution in [0.5, 0.6) is 11.5 Å². The molecule has 3 aliphatic rings. The maximum Gasteiger partial charge on any atom is 0.255 e. The molecule has 0 saturated heterocycles. The van der Waals surface area contributed by atoms with Crippen LogP contribution in [0, 0.1) is 5.92 Å². The van der Waals surface area contributed by atoms with Gasteiger partial charge in [0.1, 0.15) is 0 Å². The van der Waals surface area contributed by atoms with E-state index in [0.717, 1.165) is 44.3 Å². The standard InChI is InChI=1S/C23H24N2O4/c26-21(15-7-8-15)24-17-6-4-5-16(13-17)22(27)25-18-9-10-19-20(14-18)29-23(28-19)11-2-1-3-12-23/h4-6,9-10,13-15H,1-3,7-8,11-12H2,(H,24,26)(H,25,27). The monoisotopic (exact) mass is 392 g/mol. The highest BCUT2D eigenvalue weighted by Gasteiger charge is 2.42. The van der Waals surface area contributed by atoms with Gasteiger partial charge in [-0.2, -0.15) is 0 Å². The minimum absolute atomic E-state index is 0.0231. The van der Waals surface area contributed by atoms with Crippen molar-refractivity contribution in [3.8, 4) is 11.5 Å². The molecule has 2 aliphatic carbocycles. The first-order valence-corrected chi connectivity index (χ1v) is 10.3. The van der Waals surface area contributed by atoms with E-state index >= 15 is 0 Å². The van der Waals surface area contributed by atoms with Crippen molar-refractivity contribution in [1.29, 1.82) is 0 Å². The zero-order valence-corrected chi connectivity index (χ0v) is 16.2. The van der Waals surface area contributed by atoms with Gasteiger partial charge in [-0.25, -0.2) is 0 Å². The predicted octanol–water partition coefficient (Wildman–Crippen LogP) is 4.72. The molecular weight excluding hydrogens is 368 g/mol. The van der Waals surface area contributed by atoms with Crippen LogP contribution in [0.15, 0.2) is 42.5 Å². The molecule has 2 aromatic rings. The quantitative estimate of drug-likeness (QED) is 0.789. The van der Waals surface area contributed by atoms with Crippen molar-refractivity contribution >= 4 is 23.2 Å². The third-order valence-electron chi connectivity index (χ3n) is 5.75. The van der Waals surface area contributed by atoms with Crippen molar-refractivity contribution in [1.82, 2.24) is 0 Å².